The Bertz CT molecular complexity index is 1420. The van der Waals surface area contributed by atoms with Gasteiger partial charge < -0.3 is 24.3 Å². The zero-order valence-corrected chi connectivity index (χ0v) is 22.0. The van der Waals surface area contributed by atoms with Crippen LogP contribution in [-0.4, -0.2) is 54.1 Å². The van der Waals surface area contributed by atoms with Crippen LogP contribution >= 0.6 is 11.8 Å². The smallest absolute Gasteiger partial charge is 0.337 e. The molecule has 5 rings (SSSR count). The molecule has 1 N–H and O–H groups in total. The summed E-state index contributed by atoms with van der Waals surface area (Å²) >= 11 is 1.21. The molecule has 2 heterocycles. The highest BCUT2D eigenvalue weighted by molar-refractivity contribution is 8.15. The summed E-state index contributed by atoms with van der Waals surface area (Å²) in [4.78, 5) is 44.5. The summed E-state index contributed by atoms with van der Waals surface area (Å²) in [5.74, 6) is 0.904. The van der Waals surface area contributed by atoms with Gasteiger partial charge in [-0.05, 0) is 66.2 Å². The first-order valence-electron chi connectivity index (χ1n) is 12.0. The summed E-state index contributed by atoms with van der Waals surface area (Å²) in [6.45, 7) is 0.407. The number of hydrogen-bond donors (Lipinski definition) is 1. The minimum atomic E-state index is -0.706. The third kappa shape index (κ3) is 5.99. The van der Waals surface area contributed by atoms with E-state index in [2.05, 4.69) is 5.32 Å². The summed E-state index contributed by atoms with van der Waals surface area (Å²) < 4.78 is 20.8. The van der Waals surface area contributed by atoms with Gasteiger partial charge in [-0.2, -0.15) is 0 Å². The highest BCUT2D eigenvalue weighted by Crippen LogP contribution is 2.35. The summed E-state index contributed by atoms with van der Waals surface area (Å²) in [7, 11) is 2.88. The molecule has 0 saturated carbocycles. The number of aliphatic imine (C=N–C) groups is 1. The molecule has 10 nitrogen and oxygen atoms in total. The molecule has 1 saturated heterocycles. The van der Waals surface area contributed by atoms with E-state index in [0.29, 0.717) is 39.4 Å². The molecule has 0 bridgehead atoms. The topological polar surface area (TPSA) is 116 Å². The molecule has 3 aromatic carbocycles. The maximum absolute atomic E-state index is 13.4. The lowest BCUT2D eigenvalue weighted by molar-refractivity contribution is -0.129. The highest BCUT2D eigenvalue weighted by atomic mass is 32.2. The molecule has 1 fully saturated rings. The van der Waals surface area contributed by atoms with Gasteiger partial charge in [0.1, 0.15) is 11.0 Å². The minimum Gasteiger partial charge on any atom is -0.497 e. The number of methoxy groups -OCH3 is 2. The van der Waals surface area contributed by atoms with Crippen LogP contribution in [0.2, 0.25) is 0 Å². The van der Waals surface area contributed by atoms with E-state index in [1.807, 2.05) is 12.1 Å². The number of carbonyl (C=O) groups excluding carboxylic acids is 3. The Morgan fingerprint density at radius 3 is 2.49 bits per heavy atom. The molecular weight excluding hydrogens is 522 g/mol. The minimum absolute atomic E-state index is 0.0110. The van der Waals surface area contributed by atoms with Crippen LogP contribution in [-0.2, 0) is 20.9 Å². The standard InChI is InChI=1S/C28H25N3O7S/c1-35-21-10-8-20(9-11-21)30-28-31(15-17-3-12-22-23(13-17)38-16-37-22)25(32)14-24(39-28)26(33)29-19-6-4-18(5-7-19)27(34)36-2/h3-13,24H,14-16H2,1-2H3,(H,29,33)/t24-/m1/s1. The largest absolute Gasteiger partial charge is 0.497 e. The van der Waals surface area contributed by atoms with E-state index in [1.165, 1.54) is 18.9 Å². The quantitative estimate of drug-likeness (QED) is 0.434. The maximum Gasteiger partial charge on any atom is 0.337 e. The zero-order valence-electron chi connectivity index (χ0n) is 21.2. The third-order valence-corrected chi connectivity index (χ3v) is 7.27. The van der Waals surface area contributed by atoms with Crippen molar-refractivity contribution >= 4 is 46.1 Å². The van der Waals surface area contributed by atoms with Crippen LogP contribution in [0.4, 0.5) is 11.4 Å². The average molecular weight is 548 g/mol. The molecule has 200 valence electrons. The van der Waals surface area contributed by atoms with E-state index in [4.69, 9.17) is 23.9 Å². The Morgan fingerprint density at radius 1 is 1.03 bits per heavy atom. The van der Waals surface area contributed by atoms with E-state index in [-0.39, 0.29) is 31.6 Å². The number of hydrogen-bond acceptors (Lipinski definition) is 9. The Kier molecular flexibility index (Phi) is 7.69. The number of carbonyl (C=O) groups is 3. The van der Waals surface area contributed by atoms with Gasteiger partial charge in [0, 0.05) is 12.1 Å². The van der Waals surface area contributed by atoms with Gasteiger partial charge >= 0.3 is 5.97 Å². The Balaban J connectivity index is 1.37. The third-order valence-electron chi connectivity index (χ3n) is 6.08. The highest BCUT2D eigenvalue weighted by Gasteiger charge is 2.36. The predicted octanol–water partition coefficient (Wildman–Crippen LogP) is 4.37. The molecule has 0 radical (unpaired) electrons. The van der Waals surface area contributed by atoms with E-state index >= 15 is 0 Å². The van der Waals surface area contributed by atoms with Crippen molar-refractivity contribution < 1.29 is 33.3 Å². The van der Waals surface area contributed by atoms with Crippen LogP contribution in [0.15, 0.2) is 71.7 Å². The number of benzene rings is 3. The number of nitrogens with zero attached hydrogens (tertiary/aromatic N) is 2. The molecule has 0 unspecified atom stereocenters. The van der Waals surface area contributed by atoms with Crippen LogP contribution in [0.3, 0.4) is 0 Å². The van der Waals surface area contributed by atoms with Gasteiger partial charge in [-0.25, -0.2) is 9.79 Å². The van der Waals surface area contributed by atoms with Crippen molar-refractivity contribution in [1.29, 1.82) is 0 Å². The molecule has 39 heavy (non-hydrogen) atoms. The molecular formula is C28H25N3O7S. The van der Waals surface area contributed by atoms with Crippen molar-refractivity contribution in [3.63, 3.8) is 0 Å². The molecule has 0 aromatic heterocycles. The van der Waals surface area contributed by atoms with Gasteiger partial charge in [0.2, 0.25) is 18.6 Å². The SMILES string of the molecule is COC(=O)c1ccc(NC(=O)[C@H]2CC(=O)N(Cc3ccc4c(c3)OCO4)C(=Nc3ccc(OC)cc3)S2)cc1. The van der Waals surface area contributed by atoms with Gasteiger partial charge in [-0.1, -0.05) is 17.8 Å². The lowest BCUT2D eigenvalue weighted by atomic mass is 10.1. The van der Waals surface area contributed by atoms with E-state index in [9.17, 15) is 14.4 Å². The number of rotatable bonds is 7. The molecule has 2 aliphatic heterocycles. The average Bonchev–Trinajstić information content (AvgIpc) is 3.43. The van der Waals surface area contributed by atoms with Gasteiger partial charge in [0.05, 0.1) is 32.0 Å². The summed E-state index contributed by atoms with van der Waals surface area (Å²) in [6.07, 6.45) is -0.0110. The van der Waals surface area contributed by atoms with Crippen LogP contribution in [0, 0.1) is 0 Å². The van der Waals surface area contributed by atoms with Gasteiger partial charge in [-0.15, -0.1) is 0 Å². The molecule has 0 spiro atoms. The monoisotopic (exact) mass is 547 g/mol. The molecule has 3 aromatic rings. The van der Waals surface area contributed by atoms with Crippen molar-refractivity contribution in [2.24, 2.45) is 4.99 Å². The summed E-state index contributed by atoms with van der Waals surface area (Å²) in [6, 6.07) is 19.0. The second-order valence-electron chi connectivity index (χ2n) is 8.63. The number of nitrogens with one attached hydrogen (secondary N) is 1. The van der Waals surface area contributed by atoms with Crippen molar-refractivity contribution in [3.05, 3.63) is 77.9 Å². The molecule has 2 amide bonds. The first kappa shape index (κ1) is 26.1. The van der Waals surface area contributed by atoms with Crippen molar-refractivity contribution in [2.45, 2.75) is 18.2 Å². The normalized spacial score (nSPS) is 17.2. The predicted molar refractivity (Wildman–Crippen MR) is 146 cm³/mol. The lowest BCUT2D eigenvalue weighted by Gasteiger charge is -2.32. The van der Waals surface area contributed by atoms with Crippen molar-refractivity contribution in [1.82, 2.24) is 4.90 Å². The molecule has 1 atom stereocenters. The van der Waals surface area contributed by atoms with Gasteiger partial charge in [-0.3, -0.25) is 14.5 Å². The van der Waals surface area contributed by atoms with Gasteiger partial charge in [0.15, 0.2) is 16.7 Å². The number of esters is 1. The molecule has 11 heteroatoms. The Morgan fingerprint density at radius 2 is 1.77 bits per heavy atom. The maximum atomic E-state index is 13.4. The first-order valence-corrected chi connectivity index (χ1v) is 12.9. The van der Waals surface area contributed by atoms with Crippen LogP contribution in [0.1, 0.15) is 22.3 Å². The molecule has 0 aliphatic carbocycles. The van der Waals surface area contributed by atoms with E-state index in [0.717, 1.165) is 5.56 Å². The zero-order chi connectivity index (χ0) is 27.4. The second-order valence-corrected chi connectivity index (χ2v) is 9.80. The number of thioether (sulfide) groups is 1. The second kappa shape index (κ2) is 11.5. The fourth-order valence-electron chi connectivity index (χ4n) is 4.02. The van der Waals surface area contributed by atoms with Crippen molar-refractivity contribution in [2.75, 3.05) is 26.3 Å². The summed E-state index contributed by atoms with van der Waals surface area (Å²) in [5.41, 5.74) is 2.31. The Hall–Kier alpha value is -4.51. The van der Waals surface area contributed by atoms with Crippen LogP contribution in [0.25, 0.3) is 0 Å². The number of ether oxygens (including phenoxy) is 4. The first-order chi connectivity index (χ1) is 18.9. The fourth-order valence-corrected chi connectivity index (χ4v) is 5.11. The van der Waals surface area contributed by atoms with Gasteiger partial charge in [0.25, 0.3) is 0 Å². The number of amidine groups is 1. The number of amides is 2. The number of anilines is 1. The Labute approximate surface area is 228 Å². The van der Waals surface area contributed by atoms with Crippen LogP contribution < -0.4 is 19.5 Å². The molecule has 2 aliphatic rings. The van der Waals surface area contributed by atoms with E-state index < -0.39 is 11.2 Å². The lowest BCUT2D eigenvalue weighted by Crippen LogP contribution is -2.44. The summed E-state index contributed by atoms with van der Waals surface area (Å²) in [5, 5.41) is 2.52. The van der Waals surface area contributed by atoms with Crippen LogP contribution in [0.5, 0.6) is 17.2 Å². The van der Waals surface area contributed by atoms with E-state index in [1.54, 1.807) is 66.6 Å². The fraction of sp³-hybridized carbons (Fsp3) is 0.214. The number of fused-ring (bicyclic) bond motifs is 1. The van der Waals surface area contributed by atoms with Crippen molar-refractivity contribution in [3.8, 4) is 17.2 Å².